The van der Waals surface area contributed by atoms with Gasteiger partial charge in [-0.05, 0) is 71.4 Å². The van der Waals surface area contributed by atoms with Crippen LogP contribution < -0.4 is 10.6 Å². The molecule has 4 rings (SSSR count). The van der Waals surface area contributed by atoms with Crippen molar-refractivity contribution in [1.29, 1.82) is 0 Å². The van der Waals surface area contributed by atoms with Crippen LogP contribution in [0.1, 0.15) is 36.8 Å². The number of nitrogens with one attached hydrogen (secondary N) is 2. The van der Waals surface area contributed by atoms with Crippen molar-refractivity contribution in [3.05, 3.63) is 95.0 Å². The number of carbonyl (C=O) groups is 1. The molecule has 1 saturated carbocycles. The lowest BCUT2D eigenvalue weighted by Crippen LogP contribution is -2.33. The zero-order valence-electron chi connectivity index (χ0n) is 19.2. The maximum absolute atomic E-state index is 12.3. The summed E-state index contributed by atoms with van der Waals surface area (Å²) in [5.41, 5.74) is 5.05. The molecule has 34 heavy (non-hydrogen) atoms. The topological polar surface area (TPSA) is 61.4 Å². The third kappa shape index (κ3) is 7.04. The highest BCUT2D eigenvalue weighted by Gasteiger charge is 2.22. The van der Waals surface area contributed by atoms with Gasteiger partial charge in [0.25, 0.3) is 0 Å². The van der Waals surface area contributed by atoms with Crippen LogP contribution >= 0.6 is 11.6 Å². The first kappa shape index (κ1) is 24.2. The van der Waals surface area contributed by atoms with Crippen molar-refractivity contribution >= 4 is 29.3 Å². The highest BCUT2D eigenvalue weighted by atomic mass is 35.5. The van der Waals surface area contributed by atoms with E-state index in [9.17, 15) is 9.90 Å². The number of rotatable bonds is 8. The zero-order chi connectivity index (χ0) is 23.8. The molecule has 1 aliphatic rings. The van der Waals surface area contributed by atoms with E-state index in [2.05, 4.69) is 22.8 Å². The lowest BCUT2D eigenvalue weighted by atomic mass is 9.86. The summed E-state index contributed by atoms with van der Waals surface area (Å²) in [6.07, 6.45) is 7.58. The van der Waals surface area contributed by atoms with Crippen LogP contribution in [-0.4, -0.2) is 23.7 Å². The molecule has 1 amide bonds. The minimum atomic E-state index is -0.170. The Morgan fingerprint density at radius 3 is 2.24 bits per heavy atom. The molecule has 3 N–H and O–H groups in total. The predicted octanol–water partition coefficient (Wildman–Crippen LogP) is 6.30. The first-order valence-corrected chi connectivity index (χ1v) is 12.3. The Morgan fingerprint density at radius 2 is 1.56 bits per heavy atom. The molecule has 1 aliphatic carbocycles. The zero-order valence-corrected chi connectivity index (χ0v) is 20.0. The summed E-state index contributed by atoms with van der Waals surface area (Å²) >= 11 is 5.95. The lowest BCUT2D eigenvalue weighted by Gasteiger charge is -2.27. The van der Waals surface area contributed by atoms with E-state index in [1.165, 1.54) is 12.0 Å². The monoisotopic (exact) mass is 474 g/mol. The van der Waals surface area contributed by atoms with E-state index < -0.39 is 0 Å². The van der Waals surface area contributed by atoms with Gasteiger partial charge < -0.3 is 15.7 Å². The predicted molar refractivity (Wildman–Crippen MR) is 141 cm³/mol. The molecule has 3 aromatic rings. The average Bonchev–Trinajstić information content (AvgIpc) is 2.86. The van der Waals surface area contributed by atoms with Crippen LogP contribution in [0.2, 0.25) is 5.02 Å². The summed E-state index contributed by atoms with van der Waals surface area (Å²) in [6, 6.07) is 23.6. The van der Waals surface area contributed by atoms with E-state index in [-0.39, 0.29) is 12.0 Å². The number of halogens is 1. The quantitative estimate of drug-likeness (QED) is 0.336. The summed E-state index contributed by atoms with van der Waals surface area (Å²) in [5.74, 6) is 0.194. The van der Waals surface area contributed by atoms with Crippen molar-refractivity contribution in [2.24, 2.45) is 5.92 Å². The van der Waals surface area contributed by atoms with Crippen LogP contribution in [0, 0.1) is 5.92 Å². The van der Waals surface area contributed by atoms with E-state index >= 15 is 0 Å². The largest absolute Gasteiger partial charge is 0.393 e. The molecule has 0 saturated heterocycles. The fourth-order valence-corrected chi connectivity index (χ4v) is 4.44. The van der Waals surface area contributed by atoms with Gasteiger partial charge in [-0.25, -0.2) is 0 Å². The van der Waals surface area contributed by atoms with Crippen LogP contribution in [-0.2, 0) is 11.3 Å². The van der Waals surface area contributed by atoms with Gasteiger partial charge in [0.2, 0.25) is 5.91 Å². The first-order valence-electron chi connectivity index (χ1n) is 11.9. The number of carbonyl (C=O) groups excluding carboxylic acids is 1. The van der Waals surface area contributed by atoms with Crippen molar-refractivity contribution in [2.75, 3.05) is 11.9 Å². The number of aliphatic hydroxyl groups excluding tert-OH is 1. The number of aliphatic hydroxyl groups is 1. The van der Waals surface area contributed by atoms with Gasteiger partial charge in [0.15, 0.2) is 0 Å². The SMILES string of the molecule is O=C(/C=C/c1ccc(CNCC2CCCCC2O)cc1)Nc1ccc(-c2ccc(Cl)cc2)cc1. The fourth-order valence-electron chi connectivity index (χ4n) is 4.32. The van der Waals surface area contributed by atoms with E-state index in [0.717, 1.165) is 54.7 Å². The Labute approximate surface area is 206 Å². The minimum Gasteiger partial charge on any atom is -0.393 e. The molecule has 1 fully saturated rings. The number of amides is 1. The summed E-state index contributed by atoms with van der Waals surface area (Å²) in [5, 5.41) is 17.2. The number of anilines is 1. The second kappa shape index (κ2) is 12.0. The van der Waals surface area contributed by atoms with Crippen LogP contribution in [0.25, 0.3) is 17.2 Å². The molecule has 0 bridgehead atoms. The standard InChI is InChI=1S/C29H31ClN2O2/c30-26-14-10-23(11-15-26)24-12-16-27(17-13-24)32-29(34)18-9-21-5-7-22(8-6-21)19-31-20-25-3-1-2-4-28(25)33/h5-18,25,28,31,33H,1-4,19-20H2,(H,32,34)/b18-9+. The smallest absolute Gasteiger partial charge is 0.248 e. The lowest BCUT2D eigenvalue weighted by molar-refractivity contribution is -0.111. The molecule has 0 heterocycles. The Hall–Kier alpha value is -2.92. The first-order chi connectivity index (χ1) is 16.6. The summed E-state index contributed by atoms with van der Waals surface area (Å²) < 4.78 is 0. The highest BCUT2D eigenvalue weighted by molar-refractivity contribution is 6.30. The van der Waals surface area contributed by atoms with E-state index in [1.807, 2.05) is 66.7 Å². The Morgan fingerprint density at radius 1 is 0.912 bits per heavy atom. The van der Waals surface area contributed by atoms with Crippen LogP contribution in [0.3, 0.4) is 0 Å². The second-order valence-corrected chi connectivity index (χ2v) is 9.33. The number of benzene rings is 3. The van der Waals surface area contributed by atoms with Crippen LogP contribution in [0.4, 0.5) is 5.69 Å². The van der Waals surface area contributed by atoms with Gasteiger partial charge in [0, 0.05) is 29.9 Å². The van der Waals surface area contributed by atoms with E-state index in [1.54, 1.807) is 6.08 Å². The Bertz CT molecular complexity index is 1090. The number of hydrogen-bond acceptors (Lipinski definition) is 3. The van der Waals surface area contributed by atoms with Gasteiger partial charge in [-0.3, -0.25) is 4.79 Å². The molecule has 0 aliphatic heterocycles. The van der Waals surface area contributed by atoms with Gasteiger partial charge in [-0.15, -0.1) is 0 Å². The molecular weight excluding hydrogens is 444 g/mol. The molecular formula is C29H31ClN2O2. The van der Waals surface area contributed by atoms with Crippen molar-refractivity contribution < 1.29 is 9.90 Å². The van der Waals surface area contributed by atoms with Crippen LogP contribution in [0.5, 0.6) is 0 Å². The molecule has 0 spiro atoms. The molecule has 4 nitrogen and oxygen atoms in total. The van der Waals surface area contributed by atoms with Gasteiger partial charge in [0.05, 0.1) is 6.10 Å². The van der Waals surface area contributed by atoms with Gasteiger partial charge in [0.1, 0.15) is 0 Å². The maximum atomic E-state index is 12.3. The van der Waals surface area contributed by atoms with E-state index in [4.69, 9.17) is 11.6 Å². The molecule has 176 valence electrons. The van der Waals surface area contributed by atoms with Crippen molar-refractivity contribution in [3.63, 3.8) is 0 Å². The molecule has 0 radical (unpaired) electrons. The molecule has 3 aromatic carbocycles. The van der Waals surface area contributed by atoms with Gasteiger partial charge in [-0.2, -0.15) is 0 Å². The minimum absolute atomic E-state index is 0.165. The van der Waals surface area contributed by atoms with Gasteiger partial charge >= 0.3 is 0 Å². The summed E-state index contributed by atoms with van der Waals surface area (Å²) in [7, 11) is 0. The average molecular weight is 475 g/mol. The van der Waals surface area contributed by atoms with Crippen molar-refractivity contribution in [1.82, 2.24) is 5.32 Å². The van der Waals surface area contributed by atoms with E-state index in [0.29, 0.717) is 10.9 Å². The van der Waals surface area contributed by atoms with Crippen molar-refractivity contribution in [3.8, 4) is 11.1 Å². The van der Waals surface area contributed by atoms with Gasteiger partial charge in [-0.1, -0.05) is 73.0 Å². The third-order valence-electron chi connectivity index (χ3n) is 6.34. The Balaban J connectivity index is 1.23. The molecule has 0 aromatic heterocycles. The number of hydrogen-bond donors (Lipinski definition) is 3. The molecule has 2 atom stereocenters. The maximum Gasteiger partial charge on any atom is 0.248 e. The fraction of sp³-hybridized carbons (Fsp3) is 0.276. The highest BCUT2D eigenvalue weighted by Crippen LogP contribution is 2.24. The Kier molecular flexibility index (Phi) is 8.53. The second-order valence-electron chi connectivity index (χ2n) is 8.89. The van der Waals surface area contributed by atoms with Crippen LogP contribution in [0.15, 0.2) is 78.9 Å². The normalized spacial score (nSPS) is 18.2. The third-order valence-corrected chi connectivity index (χ3v) is 6.59. The molecule has 2 unspecified atom stereocenters. The summed E-state index contributed by atoms with van der Waals surface area (Å²) in [4.78, 5) is 12.3. The molecule has 5 heteroatoms. The van der Waals surface area contributed by atoms with Crippen molar-refractivity contribution in [2.45, 2.75) is 38.3 Å². The summed E-state index contributed by atoms with van der Waals surface area (Å²) in [6.45, 7) is 1.63.